The van der Waals surface area contributed by atoms with Crippen LogP contribution in [0.2, 0.25) is 0 Å². The van der Waals surface area contributed by atoms with Crippen molar-refractivity contribution in [2.45, 2.75) is 26.6 Å². The number of furan rings is 1. The third-order valence-electron chi connectivity index (χ3n) is 4.90. The maximum Gasteiger partial charge on any atom is 0.268 e. The minimum Gasteiger partial charge on any atom is -0.488 e. The molecule has 1 N–H and O–H groups in total. The summed E-state index contributed by atoms with van der Waals surface area (Å²) in [5.41, 5.74) is 2.64. The lowest BCUT2D eigenvalue weighted by Crippen LogP contribution is -2.25. The molecule has 0 fully saturated rings. The minimum atomic E-state index is -0.152. The second-order valence-electron chi connectivity index (χ2n) is 6.93. The van der Waals surface area contributed by atoms with Gasteiger partial charge in [0.15, 0.2) is 0 Å². The normalized spacial score (nSPS) is 11.2. The van der Waals surface area contributed by atoms with Crippen LogP contribution in [0.5, 0.6) is 5.75 Å². The molecule has 4 aromatic rings. The first kappa shape index (κ1) is 19.6. The zero-order valence-electron chi connectivity index (χ0n) is 16.9. The predicted octanol–water partition coefficient (Wildman–Crippen LogP) is 5.32. The molecule has 0 aliphatic heterocycles. The number of carbonyl (C=O) groups is 1. The Bertz CT molecular complexity index is 1140. The fourth-order valence-corrected chi connectivity index (χ4v) is 3.39. The molecule has 5 nitrogen and oxygen atoms in total. The van der Waals surface area contributed by atoms with E-state index in [0.717, 1.165) is 22.2 Å². The van der Waals surface area contributed by atoms with E-state index in [1.54, 1.807) is 12.3 Å². The number of allylic oxidation sites excluding steroid dienone is 2. The Kier molecular flexibility index (Phi) is 5.99. The quantitative estimate of drug-likeness (QED) is 0.407. The Morgan fingerprint density at radius 1 is 1.10 bits per heavy atom. The van der Waals surface area contributed by atoms with Crippen molar-refractivity contribution in [1.29, 1.82) is 0 Å². The molecule has 0 saturated carbocycles. The molecule has 0 saturated heterocycles. The van der Waals surface area contributed by atoms with Crippen LogP contribution in [-0.4, -0.2) is 10.5 Å². The summed E-state index contributed by atoms with van der Waals surface area (Å²) in [6.45, 7) is 3.39. The average molecular weight is 400 g/mol. The molecule has 0 aliphatic rings. The topological polar surface area (TPSA) is 56.4 Å². The molecule has 0 spiro atoms. The van der Waals surface area contributed by atoms with E-state index in [0.29, 0.717) is 31.2 Å². The molecule has 0 radical (unpaired) electrons. The number of benzene rings is 2. The molecule has 0 bridgehead atoms. The van der Waals surface area contributed by atoms with E-state index in [-0.39, 0.29) is 5.91 Å². The van der Waals surface area contributed by atoms with Gasteiger partial charge in [0, 0.05) is 11.9 Å². The van der Waals surface area contributed by atoms with Crippen LogP contribution in [0.15, 0.2) is 89.6 Å². The van der Waals surface area contributed by atoms with Crippen LogP contribution >= 0.6 is 0 Å². The lowest BCUT2D eigenvalue weighted by Gasteiger charge is -2.10. The SMILES string of the molecule is C/C=C\Cn1c(C(=O)NCc2ccco2)cc2c(OCc3ccccc3)cccc21. The van der Waals surface area contributed by atoms with Gasteiger partial charge in [-0.2, -0.15) is 0 Å². The van der Waals surface area contributed by atoms with E-state index in [4.69, 9.17) is 9.15 Å². The van der Waals surface area contributed by atoms with Gasteiger partial charge >= 0.3 is 0 Å². The first-order valence-electron chi connectivity index (χ1n) is 9.97. The molecule has 0 aliphatic carbocycles. The highest BCUT2D eigenvalue weighted by Gasteiger charge is 2.17. The van der Waals surface area contributed by atoms with E-state index in [1.165, 1.54) is 0 Å². The molecule has 5 heteroatoms. The lowest BCUT2D eigenvalue weighted by atomic mass is 10.2. The van der Waals surface area contributed by atoms with Gasteiger partial charge in [-0.1, -0.05) is 48.6 Å². The maximum absolute atomic E-state index is 12.9. The smallest absolute Gasteiger partial charge is 0.268 e. The number of nitrogens with zero attached hydrogens (tertiary/aromatic N) is 1. The van der Waals surface area contributed by atoms with E-state index in [2.05, 4.69) is 5.32 Å². The van der Waals surface area contributed by atoms with Crippen molar-refractivity contribution >= 4 is 16.8 Å². The van der Waals surface area contributed by atoms with Gasteiger partial charge in [-0.15, -0.1) is 0 Å². The Hall–Kier alpha value is -3.73. The highest BCUT2D eigenvalue weighted by Crippen LogP contribution is 2.30. The number of aromatic nitrogens is 1. The molecule has 2 aromatic carbocycles. The fraction of sp³-hybridized carbons (Fsp3) is 0.160. The van der Waals surface area contributed by atoms with Crippen molar-refractivity contribution in [3.8, 4) is 5.75 Å². The Morgan fingerprint density at radius 2 is 1.97 bits per heavy atom. The summed E-state index contributed by atoms with van der Waals surface area (Å²) in [7, 11) is 0. The summed E-state index contributed by atoms with van der Waals surface area (Å²) < 4.78 is 13.4. The Labute approximate surface area is 175 Å². The van der Waals surface area contributed by atoms with Crippen molar-refractivity contribution in [3.05, 3.63) is 102 Å². The zero-order valence-corrected chi connectivity index (χ0v) is 16.9. The molecule has 2 heterocycles. The lowest BCUT2D eigenvalue weighted by molar-refractivity contribution is 0.0939. The summed E-state index contributed by atoms with van der Waals surface area (Å²) in [4.78, 5) is 12.9. The molecule has 152 valence electrons. The van der Waals surface area contributed by atoms with Gasteiger partial charge in [0.2, 0.25) is 0 Å². The van der Waals surface area contributed by atoms with Crippen molar-refractivity contribution in [1.82, 2.24) is 9.88 Å². The highest BCUT2D eigenvalue weighted by molar-refractivity contribution is 6.00. The number of fused-ring (bicyclic) bond motifs is 1. The molecule has 1 amide bonds. The maximum atomic E-state index is 12.9. The van der Waals surface area contributed by atoms with E-state index >= 15 is 0 Å². The van der Waals surface area contributed by atoms with Gasteiger partial charge < -0.3 is 19.0 Å². The second kappa shape index (κ2) is 9.18. The number of carbonyl (C=O) groups excluding carboxylic acids is 1. The van der Waals surface area contributed by atoms with Crippen LogP contribution in [0, 0.1) is 0 Å². The fourth-order valence-electron chi connectivity index (χ4n) is 3.39. The van der Waals surface area contributed by atoms with Gasteiger partial charge in [0.25, 0.3) is 5.91 Å². The summed E-state index contributed by atoms with van der Waals surface area (Å²) >= 11 is 0. The molecular formula is C25H24N2O3. The van der Waals surface area contributed by atoms with Crippen molar-refractivity contribution in [3.63, 3.8) is 0 Å². The van der Waals surface area contributed by atoms with Gasteiger partial charge in [0.05, 0.1) is 18.3 Å². The van der Waals surface area contributed by atoms with Crippen LogP contribution in [0.4, 0.5) is 0 Å². The van der Waals surface area contributed by atoms with Crippen LogP contribution in [-0.2, 0) is 19.7 Å². The molecule has 0 unspecified atom stereocenters. The van der Waals surface area contributed by atoms with Crippen LogP contribution < -0.4 is 10.1 Å². The van der Waals surface area contributed by atoms with Crippen LogP contribution in [0.1, 0.15) is 28.7 Å². The predicted molar refractivity (Wildman–Crippen MR) is 117 cm³/mol. The van der Waals surface area contributed by atoms with Crippen molar-refractivity contribution in [2.75, 3.05) is 0 Å². The van der Waals surface area contributed by atoms with E-state index in [1.807, 2.05) is 84.3 Å². The molecule has 4 rings (SSSR count). The minimum absolute atomic E-state index is 0.152. The molecule has 0 atom stereocenters. The standard InChI is InChI=1S/C25H24N2O3/c1-2-3-14-27-22-12-7-13-24(30-18-19-9-5-4-6-10-19)21(22)16-23(27)25(28)26-17-20-11-8-15-29-20/h2-13,15-16H,14,17-18H2,1H3,(H,26,28)/b3-2-. The van der Waals surface area contributed by atoms with E-state index < -0.39 is 0 Å². The first-order chi connectivity index (χ1) is 14.8. The largest absolute Gasteiger partial charge is 0.488 e. The molecular weight excluding hydrogens is 376 g/mol. The summed E-state index contributed by atoms with van der Waals surface area (Å²) in [6, 6.07) is 21.5. The third kappa shape index (κ3) is 4.30. The number of hydrogen-bond donors (Lipinski definition) is 1. The number of rotatable bonds is 8. The van der Waals surface area contributed by atoms with Crippen molar-refractivity contribution in [2.24, 2.45) is 0 Å². The average Bonchev–Trinajstić information content (AvgIpc) is 3.43. The third-order valence-corrected chi connectivity index (χ3v) is 4.90. The highest BCUT2D eigenvalue weighted by atomic mass is 16.5. The Morgan fingerprint density at radius 3 is 2.73 bits per heavy atom. The molecule has 30 heavy (non-hydrogen) atoms. The van der Waals surface area contributed by atoms with Crippen molar-refractivity contribution < 1.29 is 13.9 Å². The van der Waals surface area contributed by atoms with Gasteiger partial charge in [-0.05, 0) is 42.8 Å². The van der Waals surface area contributed by atoms with Crippen LogP contribution in [0.3, 0.4) is 0 Å². The number of ether oxygens (including phenoxy) is 1. The van der Waals surface area contributed by atoms with Crippen LogP contribution in [0.25, 0.3) is 10.9 Å². The number of hydrogen-bond acceptors (Lipinski definition) is 3. The molecule has 2 aromatic heterocycles. The van der Waals surface area contributed by atoms with Gasteiger partial charge in [0.1, 0.15) is 23.8 Å². The summed E-state index contributed by atoms with van der Waals surface area (Å²) in [6.07, 6.45) is 5.60. The summed E-state index contributed by atoms with van der Waals surface area (Å²) in [5.74, 6) is 1.32. The Balaban J connectivity index is 1.63. The van der Waals surface area contributed by atoms with E-state index in [9.17, 15) is 4.79 Å². The van der Waals surface area contributed by atoms with Gasteiger partial charge in [-0.25, -0.2) is 0 Å². The monoisotopic (exact) mass is 400 g/mol. The van der Waals surface area contributed by atoms with Gasteiger partial charge in [-0.3, -0.25) is 4.79 Å². The number of amides is 1. The first-order valence-corrected chi connectivity index (χ1v) is 9.97. The second-order valence-corrected chi connectivity index (χ2v) is 6.93. The number of nitrogens with one attached hydrogen (secondary N) is 1. The summed E-state index contributed by atoms with van der Waals surface area (Å²) in [5, 5.41) is 3.86. The zero-order chi connectivity index (χ0) is 20.8.